The number of thiophene rings is 1. The van der Waals surface area contributed by atoms with Gasteiger partial charge < -0.3 is 4.42 Å². The number of benzene rings is 3. The van der Waals surface area contributed by atoms with Crippen molar-refractivity contribution in [1.82, 2.24) is 4.98 Å². The minimum Gasteiger partial charge on any atom is -0.454 e. The summed E-state index contributed by atoms with van der Waals surface area (Å²) in [5.74, 6) is 0.884. The van der Waals surface area contributed by atoms with Crippen LogP contribution in [0.1, 0.15) is 26.3 Å². The number of aromatic nitrogens is 1. The first-order chi connectivity index (χ1) is 15.5. The fraction of sp³-hybridized carbons (Fsp3) is 0.138. The first kappa shape index (κ1) is 19.3. The summed E-state index contributed by atoms with van der Waals surface area (Å²) in [4.78, 5) is 4.77. The van der Waals surface area contributed by atoms with Crippen LogP contribution >= 0.6 is 11.3 Å². The van der Waals surface area contributed by atoms with Gasteiger partial charge in [-0.05, 0) is 63.5 Å². The van der Waals surface area contributed by atoms with Crippen LogP contribution in [0.2, 0.25) is 0 Å². The number of rotatable bonds is 2. The largest absolute Gasteiger partial charge is 0.454 e. The summed E-state index contributed by atoms with van der Waals surface area (Å²) in [7, 11) is 0. The van der Waals surface area contributed by atoms with Crippen molar-refractivity contribution >= 4 is 43.2 Å². The Labute approximate surface area is 191 Å². The molecule has 0 saturated heterocycles. The van der Waals surface area contributed by atoms with Crippen molar-refractivity contribution in [2.45, 2.75) is 26.2 Å². The molecule has 3 heterocycles. The summed E-state index contributed by atoms with van der Waals surface area (Å²) in [6, 6.07) is 25.8. The van der Waals surface area contributed by atoms with E-state index in [1.165, 1.54) is 26.4 Å². The molecular weight excluding hydrogens is 410 g/mol. The molecule has 0 aliphatic carbocycles. The van der Waals surface area contributed by atoms with E-state index in [9.17, 15) is 0 Å². The van der Waals surface area contributed by atoms with Gasteiger partial charge in [0.05, 0.1) is 0 Å². The van der Waals surface area contributed by atoms with E-state index in [1.807, 2.05) is 12.3 Å². The van der Waals surface area contributed by atoms with Crippen LogP contribution in [-0.4, -0.2) is 4.98 Å². The highest BCUT2D eigenvalue weighted by atomic mass is 32.1. The second kappa shape index (κ2) is 7.04. The standard InChI is InChI=1S/C29H23NOS/c1-29(2,3)24-16-20(15-18-7-4-5-8-21(18)24)27-28-19(11-13-30-27)17-25(31-28)22-9-6-10-26-23(22)12-14-32-26/h4-17H,1-3H3. The quantitative estimate of drug-likeness (QED) is 0.273. The molecule has 3 aromatic carbocycles. The molecule has 0 atom stereocenters. The van der Waals surface area contributed by atoms with E-state index in [4.69, 9.17) is 9.40 Å². The third-order valence-electron chi connectivity index (χ3n) is 6.14. The molecule has 0 radical (unpaired) electrons. The molecule has 0 aliphatic heterocycles. The van der Waals surface area contributed by atoms with Gasteiger partial charge in [0.1, 0.15) is 11.5 Å². The van der Waals surface area contributed by atoms with Crippen LogP contribution in [0.4, 0.5) is 0 Å². The summed E-state index contributed by atoms with van der Waals surface area (Å²) >= 11 is 1.75. The first-order valence-corrected chi connectivity index (χ1v) is 11.8. The molecule has 6 rings (SSSR count). The maximum atomic E-state index is 6.50. The van der Waals surface area contributed by atoms with Gasteiger partial charge in [0.2, 0.25) is 0 Å². The molecule has 156 valence electrons. The molecule has 32 heavy (non-hydrogen) atoms. The average Bonchev–Trinajstić information content (AvgIpc) is 3.44. The molecule has 0 saturated carbocycles. The number of fused-ring (bicyclic) bond motifs is 3. The van der Waals surface area contributed by atoms with Gasteiger partial charge in [-0.3, -0.25) is 4.98 Å². The Kier molecular flexibility index (Phi) is 4.24. The van der Waals surface area contributed by atoms with E-state index in [-0.39, 0.29) is 5.41 Å². The summed E-state index contributed by atoms with van der Waals surface area (Å²) in [5.41, 5.74) is 5.28. The number of hydrogen-bond acceptors (Lipinski definition) is 3. The molecule has 3 aromatic heterocycles. The average molecular weight is 434 g/mol. The molecule has 3 heteroatoms. The van der Waals surface area contributed by atoms with Crippen LogP contribution in [0, 0.1) is 0 Å². The zero-order valence-electron chi connectivity index (χ0n) is 18.3. The van der Waals surface area contributed by atoms with Crippen molar-refractivity contribution in [1.29, 1.82) is 0 Å². The highest BCUT2D eigenvalue weighted by molar-refractivity contribution is 7.17. The van der Waals surface area contributed by atoms with Gasteiger partial charge in [-0.1, -0.05) is 57.2 Å². The molecule has 0 bridgehead atoms. The fourth-order valence-corrected chi connectivity index (χ4v) is 5.39. The van der Waals surface area contributed by atoms with Gasteiger partial charge in [0, 0.05) is 32.8 Å². The zero-order valence-corrected chi connectivity index (χ0v) is 19.2. The van der Waals surface area contributed by atoms with Gasteiger partial charge in [0.25, 0.3) is 0 Å². The smallest absolute Gasteiger partial charge is 0.161 e. The van der Waals surface area contributed by atoms with E-state index < -0.39 is 0 Å². The first-order valence-electron chi connectivity index (χ1n) is 10.9. The Hall–Kier alpha value is -3.43. The number of nitrogens with zero attached hydrogens (tertiary/aromatic N) is 1. The fourth-order valence-electron chi connectivity index (χ4n) is 4.58. The molecule has 6 aromatic rings. The highest BCUT2D eigenvalue weighted by Crippen LogP contribution is 2.39. The second-order valence-electron chi connectivity index (χ2n) is 9.32. The van der Waals surface area contributed by atoms with Gasteiger partial charge >= 0.3 is 0 Å². The van der Waals surface area contributed by atoms with E-state index in [0.29, 0.717) is 0 Å². The lowest BCUT2D eigenvalue weighted by Gasteiger charge is -2.22. The van der Waals surface area contributed by atoms with Crippen molar-refractivity contribution < 1.29 is 4.42 Å². The number of hydrogen-bond donors (Lipinski definition) is 0. The molecule has 2 nitrogen and oxygen atoms in total. The Bertz CT molecular complexity index is 1610. The molecule has 0 N–H and O–H groups in total. The zero-order chi connectivity index (χ0) is 21.9. The van der Waals surface area contributed by atoms with Crippen molar-refractivity contribution in [3.8, 4) is 22.6 Å². The monoisotopic (exact) mass is 433 g/mol. The maximum absolute atomic E-state index is 6.50. The molecule has 0 aliphatic rings. The Morgan fingerprint density at radius 1 is 0.812 bits per heavy atom. The lowest BCUT2D eigenvalue weighted by Crippen LogP contribution is -2.12. The van der Waals surface area contributed by atoms with Gasteiger partial charge in [-0.15, -0.1) is 11.3 Å². The van der Waals surface area contributed by atoms with E-state index in [1.54, 1.807) is 11.3 Å². The lowest BCUT2D eigenvalue weighted by atomic mass is 9.82. The Morgan fingerprint density at radius 3 is 2.56 bits per heavy atom. The minimum absolute atomic E-state index is 0.0203. The third kappa shape index (κ3) is 3.04. The van der Waals surface area contributed by atoms with Crippen LogP contribution in [-0.2, 0) is 5.41 Å². The van der Waals surface area contributed by atoms with Crippen molar-refractivity contribution in [3.63, 3.8) is 0 Å². The van der Waals surface area contributed by atoms with Crippen molar-refractivity contribution in [3.05, 3.63) is 89.9 Å². The second-order valence-corrected chi connectivity index (χ2v) is 10.3. The number of pyridine rings is 1. The van der Waals surface area contributed by atoms with E-state index in [2.05, 4.69) is 92.9 Å². The summed E-state index contributed by atoms with van der Waals surface area (Å²) in [5, 5.41) is 6.95. The van der Waals surface area contributed by atoms with Crippen LogP contribution in [0.3, 0.4) is 0 Å². The van der Waals surface area contributed by atoms with Crippen molar-refractivity contribution in [2.75, 3.05) is 0 Å². The van der Waals surface area contributed by atoms with Crippen molar-refractivity contribution in [2.24, 2.45) is 0 Å². The minimum atomic E-state index is 0.0203. The van der Waals surface area contributed by atoms with Gasteiger partial charge in [0.15, 0.2) is 5.58 Å². The van der Waals surface area contributed by atoms with Crippen LogP contribution in [0.5, 0.6) is 0 Å². The highest BCUT2D eigenvalue weighted by Gasteiger charge is 2.20. The Morgan fingerprint density at radius 2 is 1.69 bits per heavy atom. The SMILES string of the molecule is CC(C)(C)c1cc(-c2nccc3cc(-c4cccc5sccc45)oc23)cc2ccccc12. The predicted molar refractivity (Wildman–Crippen MR) is 136 cm³/mol. The van der Waals surface area contributed by atoms with Gasteiger partial charge in [-0.2, -0.15) is 0 Å². The molecule has 0 unspecified atom stereocenters. The lowest BCUT2D eigenvalue weighted by molar-refractivity contribution is 0.596. The van der Waals surface area contributed by atoms with E-state index in [0.717, 1.165) is 33.6 Å². The van der Waals surface area contributed by atoms with Gasteiger partial charge in [-0.25, -0.2) is 0 Å². The normalized spacial score (nSPS) is 12.2. The van der Waals surface area contributed by atoms with Crippen LogP contribution in [0.15, 0.2) is 88.8 Å². The molecule has 0 spiro atoms. The molecular formula is C29H23NOS. The summed E-state index contributed by atoms with van der Waals surface area (Å²) < 4.78 is 7.77. The Balaban J connectivity index is 1.60. The predicted octanol–water partition coefficient (Wildman–Crippen LogP) is 8.83. The van der Waals surface area contributed by atoms with Crippen LogP contribution < -0.4 is 0 Å². The molecule has 0 amide bonds. The van der Waals surface area contributed by atoms with Crippen LogP contribution in [0.25, 0.3) is 54.4 Å². The maximum Gasteiger partial charge on any atom is 0.161 e. The van der Waals surface area contributed by atoms with E-state index >= 15 is 0 Å². The summed E-state index contributed by atoms with van der Waals surface area (Å²) in [6.45, 7) is 6.79. The summed E-state index contributed by atoms with van der Waals surface area (Å²) in [6.07, 6.45) is 1.88. The topological polar surface area (TPSA) is 26.0 Å². The number of furan rings is 1. The molecule has 0 fully saturated rings. The third-order valence-corrected chi connectivity index (χ3v) is 7.02.